The van der Waals surface area contributed by atoms with E-state index < -0.39 is 6.04 Å². The summed E-state index contributed by atoms with van der Waals surface area (Å²) in [5.74, 6) is -0.391. The van der Waals surface area contributed by atoms with Gasteiger partial charge in [0.25, 0.3) is 0 Å². The smallest absolute Gasteiger partial charge is 0.240 e. The highest BCUT2D eigenvalue weighted by Gasteiger charge is 2.21. The molecule has 100 valence electrons. The molecule has 1 atom stereocenters. The van der Waals surface area contributed by atoms with E-state index in [-0.39, 0.29) is 18.4 Å². The normalized spacial score (nSPS) is 12.0. The first kappa shape index (κ1) is 15.9. The first-order chi connectivity index (χ1) is 8.06. The Morgan fingerprint density at radius 3 is 2.59 bits per heavy atom. The number of carbonyl (C=O) groups is 2. The Hall–Kier alpha value is -1.14. The molecule has 0 aliphatic rings. The van der Waals surface area contributed by atoms with Crippen molar-refractivity contribution < 1.29 is 14.3 Å². The van der Waals surface area contributed by atoms with Crippen molar-refractivity contribution in [2.45, 2.75) is 25.8 Å². The van der Waals surface area contributed by atoms with Crippen LogP contribution in [0.15, 0.2) is 0 Å². The van der Waals surface area contributed by atoms with Gasteiger partial charge < -0.3 is 20.7 Å². The molecule has 0 rings (SSSR count). The van der Waals surface area contributed by atoms with Crippen LogP contribution in [-0.2, 0) is 14.3 Å². The third-order valence-corrected chi connectivity index (χ3v) is 2.37. The summed E-state index contributed by atoms with van der Waals surface area (Å²) in [6, 6.07) is -0.605. The van der Waals surface area contributed by atoms with Crippen molar-refractivity contribution in [2.75, 3.05) is 33.9 Å². The van der Waals surface area contributed by atoms with Crippen LogP contribution in [-0.4, -0.2) is 56.6 Å². The molecule has 0 aliphatic heterocycles. The van der Waals surface area contributed by atoms with Crippen molar-refractivity contribution in [3.05, 3.63) is 0 Å². The number of methoxy groups -OCH3 is 1. The third-order valence-electron chi connectivity index (χ3n) is 2.37. The van der Waals surface area contributed by atoms with E-state index in [1.54, 1.807) is 14.2 Å². The van der Waals surface area contributed by atoms with E-state index in [2.05, 4.69) is 5.32 Å². The first-order valence-corrected chi connectivity index (χ1v) is 5.80. The molecule has 0 saturated heterocycles. The molecule has 0 heterocycles. The van der Waals surface area contributed by atoms with Crippen molar-refractivity contribution in [3.8, 4) is 0 Å². The Morgan fingerprint density at radius 1 is 1.47 bits per heavy atom. The van der Waals surface area contributed by atoms with Gasteiger partial charge in [0.05, 0.1) is 12.6 Å². The summed E-state index contributed by atoms with van der Waals surface area (Å²) in [5.41, 5.74) is 5.75. The zero-order valence-corrected chi connectivity index (χ0v) is 10.9. The number of likely N-dealkylation sites (N-methyl/N-ethyl adjacent to an activating group) is 1. The highest BCUT2D eigenvalue weighted by atomic mass is 16.5. The lowest BCUT2D eigenvalue weighted by atomic mass is 10.2. The van der Waals surface area contributed by atoms with Gasteiger partial charge in [-0.05, 0) is 12.8 Å². The maximum absolute atomic E-state index is 12.0. The minimum Gasteiger partial charge on any atom is -0.385 e. The molecule has 6 nitrogen and oxygen atoms in total. The topological polar surface area (TPSA) is 84.7 Å². The molecule has 0 saturated carbocycles. The van der Waals surface area contributed by atoms with Crippen LogP contribution in [0.1, 0.15) is 19.8 Å². The minimum absolute atomic E-state index is 0.0594. The molecule has 0 aromatic carbocycles. The Bertz CT molecular complexity index is 246. The average molecular weight is 245 g/mol. The molecule has 0 radical (unpaired) electrons. The van der Waals surface area contributed by atoms with Crippen molar-refractivity contribution in [3.63, 3.8) is 0 Å². The van der Waals surface area contributed by atoms with Crippen molar-refractivity contribution >= 4 is 11.8 Å². The third kappa shape index (κ3) is 6.23. The molecule has 0 aromatic rings. The van der Waals surface area contributed by atoms with Gasteiger partial charge in [-0.25, -0.2) is 0 Å². The van der Waals surface area contributed by atoms with Crippen LogP contribution >= 0.6 is 0 Å². The van der Waals surface area contributed by atoms with E-state index in [4.69, 9.17) is 10.5 Å². The highest BCUT2D eigenvalue weighted by molar-refractivity contribution is 5.87. The van der Waals surface area contributed by atoms with Gasteiger partial charge in [0.1, 0.15) is 0 Å². The van der Waals surface area contributed by atoms with Gasteiger partial charge in [-0.3, -0.25) is 9.59 Å². The van der Waals surface area contributed by atoms with Crippen LogP contribution in [0.25, 0.3) is 0 Å². The lowest BCUT2D eigenvalue weighted by Gasteiger charge is -2.24. The fourth-order valence-corrected chi connectivity index (χ4v) is 1.39. The first-order valence-electron chi connectivity index (χ1n) is 5.80. The predicted molar refractivity (Wildman–Crippen MR) is 65.4 cm³/mol. The minimum atomic E-state index is -0.605. The van der Waals surface area contributed by atoms with E-state index in [1.165, 1.54) is 4.90 Å². The fraction of sp³-hybridized carbons (Fsp3) is 0.818. The summed E-state index contributed by atoms with van der Waals surface area (Å²) in [7, 11) is 3.10. The van der Waals surface area contributed by atoms with Crippen LogP contribution < -0.4 is 11.1 Å². The van der Waals surface area contributed by atoms with E-state index >= 15 is 0 Å². The average Bonchev–Trinajstić information content (AvgIpc) is 2.34. The van der Waals surface area contributed by atoms with Crippen LogP contribution in [0.5, 0.6) is 0 Å². The molecule has 0 aromatic heterocycles. The van der Waals surface area contributed by atoms with Crippen molar-refractivity contribution in [1.29, 1.82) is 0 Å². The van der Waals surface area contributed by atoms with Gasteiger partial charge in [0.15, 0.2) is 0 Å². The second kappa shape index (κ2) is 8.95. The molecule has 0 aliphatic carbocycles. The Kier molecular flexibility index (Phi) is 8.35. The number of rotatable bonds is 8. The maximum Gasteiger partial charge on any atom is 0.240 e. The molecule has 1 unspecified atom stereocenters. The Balaban J connectivity index is 4.36. The van der Waals surface area contributed by atoms with Crippen LogP contribution in [0, 0.1) is 0 Å². The number of nitrogens with two attached hydrogens (primary N) is 1. The number of nitrogens with one attached hydrogen (secondary N) is 1. The van der Waals surface area contributed by atoms with E-state index in [0.29, 0.717) is 19.6 Å². The summed E-state index contributed by atoms with van der Waals surface area (Å²) in [4.78, 5) is 24.7. The molecule has 3 N–H and O–H groups in total. The summed E-state index contributed by atoms with van der Waals surface area (Å²) in [6.45, 7) is 2.98. The van der Waals surface area contributed by atoms with Gasteiger partial charge in [-0.15, -0.1) is 0 Å². The Labute approximate surface area is 102 Å². The molecule has 0 fully saturated rings. The number of hydrogen-bond acceptors (Lipinski definition) is 4. The van der Waals surface area contributed by atoms with Gasteiger partial charge in [0, 0.05) is 27.3 Å². The Morgan fingerprint density at radius 2 is 2.12 bits per heavy atom. The molecule has 0 spiro atoms. The fourth-order valence-electron chi connectivity index (χ4n) is 1.39. The zero-order valence-electron chi connectivity index (χ0n) is 10.9. The number of hydrogen-bond donors (Lipinski definition) is 2. The number of nitrogens with zero attached hydrogens (tertiary/aromatic N) is 1. The summed E-state index contributed by atoms with van der Waals surface area (Å²) in [6.07, 6.45) is 1.25. The SMILES string of the molecule is CCCN(CC(=O)NC)C(=O)C(N)CCOC. The number of amides is 2. The van der Waals surface area contributed by atoms with Gasteiger partial charge in [-0.2, -0.15) is 0 Å². The van der Waals surface area contributed by atoms with E-state index in [0.717, 1.165) is 6.42 Å². The maximum atomic E-state index is 12.0. The van der Waals surface area contributed by atoms with E-state index in [9.17, 15) is 9.59 Å². The predicted octanol–water partition coefficient (Wildman–Crippen LogP) is -0.665. The summed E-state index contributed by atoms with van der Waals surface area (Å²) >= 11 is 0. The molecular formula is C11H23N3O3. The number of carbonyl (C=O) groups excluding carboxylic acids is 2. The van der Waals surface area contributed by atoms with Crippen LogP contribution in [0.4, 0.5) is 0 Å². The standard InChI is InChI=1S/C11H23N3O3/c1-4-6-14(8-10(15)13-2)11(16)9(12)5-7-17-3/h9H,4-8,12H2,1-3H3,(H,13,15). The van der Waals surface area contributed by atoms with Crippen LogP contribution in [0.3, 0.4) is 0 Å². The monoisotopic (exact) mass is 245 g/mol. The quantitative estimate of drug-likeness (QED) is 0.594. The zero-order chi connectivity index (χ0) is 13.3. The second-order valence-corrected chi connectivity index (χ2v) is 3.82. The van der Waals surface area contributed by atoms with Gasteiger partial charge in [0.2, 0.25) is 11.8 Å². The number of ether oxygens (including phenoxy) is 1. The lowest BCUT2D eigenvalue weighted by Crippen LogP contribution is -2.48. The molecular weight excluding hydrogens is 222 g/mol. The highest BCUT2D eigenvalue weighted by Crippen LogP contribution is 1.99. The largest absolute Gasteiger partial charge is 0.385 e. The lowest BCUT2D eigenvalue weighted by molar-refractivity contribution is -0.137. The molecule has 2 amide bonds. The van der Waals surface area contributed by atoms with Crippen molar-refractivity contribution in [1.82, 2.24) is 10.2 Å². The molecule has 6 heteroatoms. The summed E-state index contributed by atoms with van der Waals surface area (Å²) in [5, 5.41) is 2.49. The van der Waals surface area contributed by atoms with E-state index in [1.807, 2.05) is 6.92 Å². The van der Waals surface area contributed by atoms with Crippen LogP contribution in [0.2, 0.25) is 0 Å². The molecule has 0 bridgehead atoms. The summed E-state index contributed by atoms with van der Waals surface area (Å²) < 4.78 is 4.87. The van der Waals surface area contributed by atoms with Gasteiger partial charge >= 0.3 is 0 Å². The van der Waals surface area contributed by atoms with Gasteiger partial charge in [-0.1, -0.05) is 6.92 Å². The van der Waals surface area contributed by atoms with Crippen molar-refractivity contribution in [2.24, 2.45) is 5.73 Å². The second-order valence-electron chi connectivity index (χ2n) is 3.82. The molecule has 17 heavy (non-hydrogen) atoms.